The van der Waals surface area contributed by atoms with Gasteiger partial charge in [-0.25, -0.2) is 4.79 Å². The van der Waals surface area contributed by atoms with E-state index >= 15 is 0 Å². The molecule has 0 rings (SSSR count). The van der Waals surface area contributed by atoms with E-state index < -0.39 is 0 Å². The van der Waals surface area contributed by atoms with Gasteiger partial charge in [0.25, 0.3) is 0 Å². The maximum Gasteiger partial charge on any atom is 0.335 e. The SMILES string of the molecule is C=NOC(=O)CCCN. The van der Waals surface area contributed by atoms with Gasteiger partial charge >= 0.3 is 5.97 Å². The van der Waals surface area contributed by atoms with Crippen molar-refractivity contribution in [3.63, 3.8) is 0 Å². The Morgan fingerprint density at radius 2 is 2.44 bits per heavy atom. The van der Waals surface area contributed by atoms with Crippen molar-refractivity contribution in [1.82, 2.24) is 0 Å². The monoisotopic (exact) mass is 130 g/mol. The second-order valence-electron chi connectivity index (χ2n) is 1.48. The molecule has 0 spiro atoms. The number of nitrogens with zero attached hydrogens (tertiary/aromatic N) is 1. The first-order chi connectivity index (χ1) is 4.31. The van der Waals surface area contributed by atoms with Crippen LogP contribution in [0.1, 0.15) is 12.8 Å². The van der Waals surface area contributed by atoms with Crippen LogP contribution in [-0.2, 0) is 9.63 Å². The zero-order valence-electron chi connectivity index (χ0n) is 5.17. The van der Waals surface area contributed by atoms with E-state index in [1.54, 1.807) is 0 Å². The number of hydrogen-bond donors (Lipinski definition) is 1. The van der Waals surface area contributed by atoms with E-state index in [1.165, 1.54) is 0 Å². The van der Waals surface area contributed by atoms with Crippen LogP contribution in [0.25, 0.3) is 0 Å². The lowest BCUT2D eigenvalue weighted by Gasteiger charge is -1.92. The lowest BCUT2D eigenvalue weighted by Crippen LogP contribution is -2.04. The summed E-state index contributed by atoms with van der Waals surface area (Å²) in [5.74, 6) is -0.379. The molecule has 0 aromatic heterocycles. The zero-order valence-corrected chi connectivity index (χ0v) is 5.17. The van der Waals surface area contributed by atoms with Crippen molar-refractivity contribution in [2.75, 3.05) is 6.54 Å². The van der Waals surface area contributed by atoms with Crippen LogP contribution in [0, 0.1) is 0 Å². The van der Waals surface area contributed by atoms with Crippen molar-refractivity contribution < 1.29 is 9.63 Å². The van der Waals surface area contributed by atoms with Crippen LogP contribution in [0.3, 0.4) is 0 Å². The highest BCUT2D eigenvalue weighted by atomic mass is 16.7. The van der Waals surface area contributed by atoms with Gasteiger partial charge < -0.3 is 10.6 Å². The molecule has 9 heavy (non-hydrogen) atoms. The summed E-state index contributed by atoms with van der Waals surface area (Å²) < 4.78 is 0. The molecule has 52 valence electrons. The summed E-state index contributed by atoms with van der Waals surface area (Å²) in [6, 6.07) is 0. The van der Waals surface area contributed by atoms with Gasteiger partial charge in [-0.05, 0) is 13.0 Å². The fraction of sp³-hybridized carbons (Fsp3) is 0.600. The third kappa shape index (κ3) is 4.96. The maximum atomic E-state index is 10.4. The molecule has 0 aliphatic carbocycles. The van der Waals surface area contributed by atoms with Gasteiger partial charge in [0, 0.05) is 13.1 Å². The minimum Gasteiger partial charge on any atom is -0.330 e. The fourth-order valence-electron chi connectivity index (χ4n) is 0.364. The van der Waals surface area contributed by atoms with Gasteiger partial charge in [-0.15, -0.1) is 0 Å². The van der Waals surface area contributed by atoms with E-state index in [-0.39, 0.29) is 5.97 Å². The lowest BCUT2D eigenvalue weighted by atomic mass is 10.3. The number of nitrogens with two attached hydrogens (primary N) is 1. The van der Waals surface area contributed by atoms with E-state index in [0.717, 1.165) is 0 Å². The molecule has 0 aromatic carbocycles. The molecule has 0 atom stereocenters. The lowest BCUT2D eigenvalue weighted by molar-refractivity contribution is -0.143. The minimum atomic E-state index is -0.379. The zero-order chi connectivity index (χ0) is 7.11. The van der Waals surface area contributed by atoms with E-state index in [0.29, 0.717) is 19.4 Å². The van der Waals surface area contributed by atoms with Gasteiger partial charge in [-0.2, -0.15) is 0 Å². The van der Waals surface area contributed by atoms with Crippen LogP contribution in [0.2, 0.25) is 0 Å². The molecule has 0 heterocycles. The quantitative estimate of drug-likeness (QED) is 0.328. The Kier molecular flexibility index (Phi) is 4.72. The molecule has 0 unspecified atom stereocenters. The summed E-state index contributed by atoms with van der Waals surface area (Å²) in [6.07, 6.45) is 0.948. The molecule has 4 nitrogen and oxygen atoms in total. The largest absolute Gasteiger partial charge is 0.335 e. The molecule has 0 aliphatic rings. The molecule has 0 aromatic rings. The first kappa shape index (κ1) is 8.10. The van der Waals surface area contributed by atoms with Crippen LogP contribution < -0.4 is 5.73 Å². The van der Waals surface area contributed by atoms with E-state index in [1.807, 2.05) is 0 Å². The average Bonchev–Trinajstić information content (AvgIpc) is 1.85. The molecule has 0 saturated heterocycles. The molecule has 0 fully saturated rings. The third-order valence-electron chi connectivity index (χ3n) is 0.751. The standard InChI is InChI=1S/C5H10N2O2/c1-7-9-5(8)3-2-4-6/h1-4,6H2. The van der Waals surface area contributed by atoms with Crippen molar-refractivity contribution in [3.8, 4) is 0 Å². The van der Waals surface area contributed by atoms with Crippen LogP contribution in [0.4, 0.5) is 0 Å². The van der Waals surface area contributed by atoms with E-state index in [9.17, 15) is 4.79 Å². The number of oxime groups is 1. The minimum absolute atomic E-state index is 0.315. The maximum absolute atomic E-state index is 10.4. The molecule has 0 aliphatic heterocycles. The highest BCUT2D eigenvalue weighted by Crippen LogP contribution is 1.89. The molecule has 0 radical (unpaired) electrons. The third-order valence-corrected chi connectivity index (χ3v) is 0.751. The summed E-state index contributed by atoms with van der Waals surface area (Å²) in [4.78, 5) is 14.6. The van der Waals surface area contributed by atoms with Crippen LogP contribution in [0.15, 0.2) is 5.16 Å². The molecular formula is C5H10N2O2. The molecule has 4 heteroatoms. The Bertz CT molecular complexity index is 103. The molecule has 0 saturated carbocycles. The smallest absolute Gasteiger partial charge is 0.330 e. The van der Waals surface area contributed by atoms with Crippen molar-refractivity contribution >= 4 is 12.7 Å². The van der Waals surface area contributed by atoms with Gasteiger partial charge in [0.05, 0.1) is 0 Å². The van der Waals surface area contributed by atoms with Crippen molar-refractivity contribution in [1.29, 1.82) is 0 Å². The Morgan fingerprint density at radius 3 is 2.89 bits per heavy atom. The van der Waals surface area contributed by atoms with Gasteiger partial charge in [0.1, 0.15) is 0 Å². The first-order valence-corrected chi connectivity index (χ1v) is 2.67. The number of rotatable bonds is 4. The summed E-state index contributed by atoms with van der Waals surface area (Å²) in [6.45, 7) is 3.48. The van der Waals surface area contributed by atoms with E-state index in [2.05, 4.69) is 16.7 Å². The fourth-order valence-corrected chi connectivity index (χ4v) is 0.364. The topological polar surface area (TPSA) is 64.7 Å². The van der Waals surface area contributed by atoms with E-state index in [4.69, 9.17) is 5.73 Å². The number of carbonyl (C=O) groups is 1. The molecule has 2 N–H and O–H groups in total. The van der Waals surface area contributed by atoms with Gasteiger partial charge in [0.2, 0.25) is 0 Å². The number of hydrogen-bond acceptors (Lipinski definition) is 4. The average molecular weight is 130 g/mol. The van der Waals surface area contributed by atoms with Crippen molar-refractivity contribution in [2.45, 2.75) is 12.8 Å². The van der Waals surface area contributed by atoms with Crippen molar-refractivity contribution in [2.24, 2.45) is 10.9 Å². The second kappa shape index (κ2) is 5.24. The molecular weight excluding hydrogens is 120 g/mol. The summed E-state index contributed by atoms with van der Waals surface area (Å²) in [7, 11) is 0. The van der Waals surface area contributed by atoms with Crippen LogP contribution in [-0.4, -0.2) is 19.2 Å². The Balaban J connectivity index is 3.16. The van der Waals surface area contributed by atoms with Crippen molar-refractivity contribution in [3.05, 3.63) is 0 Å². The Hall–Kier alpha value is -0.900. The van der Waals surface area contributed by atoms with Crippen LogP contribution >= 0.6 is 0 Å². The van der Waals surface area contributed by atoms with Gasteiger partial charge in [-0.3, -0.25) is 0 Å². The summed E-state index contributed by atoms with van der Waals surface area (Å²) in [5, 5.41) is 2.95. The predicted molar refractivity (Wildman–Crippen MR) is 33.9 cm³/mol. The van der Waals surface area contributed by atoms with Gasteiger partial charge in [0.15, 0.2) is 0 Å². The van der Waals surface area contributed by atoms with Gasteiger partial charge in [-0.1, -0.05) is 5.16 Å². The number of carbonyl (C=O) groups excluding carboxylic acids is 1. The van der Waals surface area contributed by atoms with Crippen LogP contribution in [0.5, 0.6) is 0 Å². The molecule has 0 bridgehead atoms. The Morgan fingerprint density at radius 1 is 1.78 bits per heavy atom. The molecule has 0 amide bonds. The first-order valence-electron chi connectivity index (χ1n) is 2.67. The second-order valence-corrected chi connectivity index (χ2v) is 1.48. The predicted octanol–water partition coefficient (Wildman–Crippen LogP) is -0.116. The summed E-state index contributed by atoms with van der Waals surface area (Å²) in [5.41, 5.74) is 5.12. The normalized spacial score (nSPS) is 8.56. The Labute approximate surface area is 53.7 Å². The highest BCUT2D eigenvalue weighted by Gasteiger charge is 1.98. The summed E-state index contributed by atoms with van der Waals surface area (Å²) >= 11 is 0. The highest BCUT2D eigenvalue weighted by molar-refractivity contribution is 5.69.